The SMILES string of the molecule is Cc1nnc(Nc2ccc(C(C)C)cc2)c(C(N)=S)c1C. The topological polar surface area (TPSA) is 63.8 Å². The van der Waals surface area contributed by atoms with Crippen molar-refractivity contribution in [3.63, 3.8) is 0 Å². The van der Waals surface area contributed by atoms with Gasteiger partial charge in [0.15, 0.2) is 5.82 Å². The van der Waals surface area contributed by atoms with Crippen LogP contribution in [0.3, 0.4) is 0 Å². The smallest absolute Gasteiger partial charge is 0.163 e. The summed E-state index contributed by atoms with van der Waals surface area (Å²) in [6, 6.07) is 8.24. The molecule has 21 heavy (non-hydrogen) atoms. The van der Waals surface area contributed by atoms with Crippen molar-refractivity contribution in [2.75, 3.05) is 5.32 Å². The van der Waals surface area contributed by atoms with Gasteiger partial charge in [-0.1, -0.05) is 38.2 Å². The Balaban J connectivity index is 2.35. The lowest BCUT2D eigenvalue weighted by Gasteiger charge is -2.14. The molecule has 0 saturated carbocycles. The summed E-state index contributed by atoms with van der Waals surface area (Å²) in [4.78, 5) is 0.326. The van der Waals surface area contributed by atoms with Crippen LogP contribution >= 0.6 is 12.2 Å². The molecule has 0 aliphatic rings. The number of rotatable bonds is 4. The summed E-state index contributed by atoms with van der Waals surface area (Å²) < 4.78 is 0. The molecule has 0 aliphatic heterocycles. The highest BCUT2D eigenvalue weighted by Crippen LogP contribution is 2.23. The molecule has 0 bridgehead atoms. The van der Waals surface area contributed by atoms with Crippen molar-refractivity contribution in [2.24, 2.45) is 5.73 Å². The van der Waals surface area contributed by atoms with E-state index in [0.717, 1.165) is 22.5 Å². The Hall–Kier alpha value is -2.01. The molecule has 1 aromatic heterocycles. The number of hydrogen-bond donors (Lipinski definition) is 2. The van der Waals surface area contributed by atoms with Gasteiger partial charge in [0.25, 0.3) is 0 Å². The van der Waals surface area contributed by atoms with E-state index >= 15 is 0 Å². The predicted octanol–water partition coefficient (Wildman–Crippen LogP) is 3.59. The van der Waals surface area contributed by atoms with Crippen LogP contribution in [0.1, 0.15) is 42.1 Å². The Morgan fingerprint density at radius 3 is 2.29 bits per heavy atom. The average molecular weight is 300 g/mol. The minimum atomic E-state index is 0.326. The molecule has 0 saturated heterocycles. The van der Waals surface area contributed by atoms with Gasteiger partial charge in [0, 0.05) is 5.69 Å². The molecule has 3 N–H and O–H groups in total. The Labute approximate surface area is 130 Å². The van der Waals surface area contributed by atoms with E-state index in [-0.39, 0.29) is 0 Å². The largest absolute Gasteiger partial charge is 0.389 e. The second-order valence-corrected chi connectivity index (χ2v) is 5.84. The minimum absolute atomic E-state index is 0.326. The molecule has 5 heteroatoms. The van der Waals surface area contributed by atoms with Crippen molar-refractivity contribution in [2.45, 2.75) is 33.6 Å². The summed E-state index contributed by atoms with van der Waals surface area (Å²) in [5.41, 5.74) is 10.6. The molecular formula is C16H20N4S. The van der Waals surface area contributed by atoms with Crippen molar-refractivity contribution >= 4 is 28.7 Å². The van der Waals surface area contributed by atoms with Gasteiger partial charge in [0.05, 0.1) is 11.3 Å². The Morgan fingerprint density at radius 1 is 1.14 bits per heavy atom. The van der Waals surface area contributed by atoms with Gasteiger partial charge in [-0.15, -0.1) is 5.10 Å². The van der Waals surface area contributed by atoms with Gasteiger partial charge < -0.3 is 11.1 Å². The third-order valence-corrected chi connectivity index (χ3v) is 3.75. The quantitative estimate of drug-likeness (QED) is 0.845. The molecule has 4 nitrogen and oxygen atoms in total. The standard InChI is InChI=1S/C16H20N4S/c1-9(2)12-5-7-13(8-6-12)18-16-14(15(17)21)10(3)11(4)19-20-16/h5-9H,1-4H3,(H2,17,21)(H,18,20). The minimum Gasteiger partial charge on any atom is -0.389 e. The van der Waals surface area contributed by atoms with Crippen LogP contribution in [-0.2, 0) is 0 Å². The first-order chi connectivity index (χ1) is 9.90. The predicted molar refractivity (Wildman–Crippen MR) is 91.2 cm³/mol. The molecule has 0 amide bonds. The van der Waals surface area contributed by atoms with Crippen molar-refractivity contribution in [1.82, 2.24) is 10.2 Å². The fourth-order valence-electron chi connectivity index (χ4n) is 2.09. The van der Waals surface area contributed by atoms with E-state index in [1.165, 1.54) is 5.56 Å². The number of benzene rings is 1. The fraction of sp³-hybridized carbons (Fsp3) is 0.312. The molecule has 110 valence electrons. The molecule has 0 fully saturated rings. The Kier molecular flexibility index (Phi) is 4.53. The Morgan fingerprint density at radius 2 is 1.76 bits per heavy atom. The summed E-state index contributed by atoms with van der Waals surface area (Å²) in [7, 11) is 0. The molecule has 2 aromatic rings. The number of nitrogens with zero attached hydrogens (tertiary/aromatic N) is 2. The first-order valence-electron chi connectivity index (χ1n) is 6.90. The highest BCUT2D eigenvalue weighted by molar-refractivity contribution is 7.80. The number of hydrogen-bond acceptors (Lipinski definition) is 4. The van der Waals surface area contributed by atoms with Crippen molar-refractivity contribution in [3.8, 4) is 0 Å². The van der Waals surface area contributed by atoms with Crippen LogP contribution in [-0.4, -0.2) is 15.2 Å². The number of thiocarbonyl (C=S) groups is 1. The van der Waals surface area contributed by atoms with Gasteiger partial charge in [0.2, 0.25) is 0 Å². The molecule has 0 aliphatic carbocycles. The average Bonchev–Trinajstić information content (AvgIpc) is 2.43. The summed E-state index contributed by atoms with van der Waals surface area (Å²) in [6.07, 6.45) is 0. The van der Waals surface area contributed by atoms with Crippen LogP contribution in [0.25, 0.3) is 0 Å². The molecule has 1 heterocycles. The van der Waals surface area contributed by atoms with Gasteiger partial charge >= 0.3 is 0 Å². The summed E-state index contributed by atoms with van der Waals surface area (Å²) >= 11 is 5.14. The second-order valence-electron chi connectivity index (χ2n) is 5.40. The van der Waals surface area contributed by atoms with Crippen molar-refractivity contribution in [1.29, 1.82) is 0 Å². The molecule has 0 unspecified atom stereocenters. The maximum atomic E-state index is 5.83. The van der Waals surface area contributed by atoms with E-state index in [9.17, 15) is 0 Å². The van der Waals surface area contributed by atoms with Crippen LogP contribution in [0.15, 0.2) is 24.3 Å². The number of aromatic nitrogens is 2. The number of nitrogens with one attached hydrogen (secondary N) is 1. The molecule has 1 aromatic carbocycles. The summed E-state index contributed by atoms with van der Waals surface area (Å²) in [5.74, 6) is 1.11. The first kappa shape index (κ1) is 15.4. The second kappa shape index (κ2) is 6.18. The fourth-order valence-corrected chi connectivity index (χ4v) is 2.34. The zero-order chi connectivity index (χ0) is 15.6. The molecular weight excluding hydrogens is 280 g/mol. The summed E-state index contributed by atoms with van der Waals surface area (Å²) in [6.45, 7) is 8.18. The molecule has 0 spiro atoms. The van der Waals surface area contributed by atoms with Crippen molar-refractivity contribution < 1.29 is 0 Å². The lowest BCUT2D eigenvalue weighted by atomic mass is 10.0. The Bertz CT molecular complexity index is 663. The third kappa shape index (κ3) is 3.36. The maximum Gasteiger partial charge on any atom is 0.163 e. The number of nitrogens with two attached hydrogens (primary N) is 1. The van der Waals surface area contributed by atoms with Gasteiger partial charge in [-0.3, -0.25) is 0 Å². The van der Waals surface area contributed by atoms with Gasteiger partial charge in [-0.2, -0.15) is 5.10 Å². The van der Waals surface area contributed by atoms with E-state index < -0.39 is 0 Å². The van der Waals surface area contributed by atoms with Gasteiger partial charge in [0.1, 0.15) is 4.99 Å². The van der Waals surface area contributed by atoms with Crippen LogP contribution in [0.2, 0.25) is 0 Å². The molecule has 0 radical (unpaired) electrons. The van der Waals surface area contributed by atoms with E-state index in [0.29, 0.717) is 16.7 Å². The normalized spacial score (nSPS) is 10.7. The van der Waals surface area contributed by atoms with E-state index in [1.54, 1.807) is 0 Å². The zero-order valence-corrected chi connectivity index (χ0v) is 13.6. The highest BCUT2D eigenvalue weighted by Gasteiger charge is 2.13. The lowest BCUT2D eigenvalue weighted by molar-refractivity contribution is 0.867. The first-order valence-corrected chi connectivity index (χ1v) is 7.31. The van der Waals surface area contributed by atoms with E-state index in [1.807, 2.05) is 26.0 Å². The molecule has 0 atom stereocenters. The number of anilines is 2. The van der Waals surface area contributed by atoms with Crippen LogP contribution in [0.4, 0.5) is 11.5 Å². The summed E-state index contributed by atoms with van der Waals surface area (Å²) in [5, 5.41) is 11.6. The van der Waals surface area contributed by atoms with Crippen LogP contribution in [0, 0.1) is 13.8 Å². The van der Waals surface area contributed by atoms with E-state index in [4.69, 9.17) is 18.0 Å². The van der Waals surface area contributed by atoms with E-state index in [2.05, 4.69) is 41.5 Å². The van der Waals surface area contributed by atoms with Crippen molar-refractivity contribution in [3.05, 3.63) is 46.6 Å². The maximum absolute atomic E-state index is 5.83. The van der Waals surface area contributed by atoms with Gasteiger partial charge in [-0.25, -0.2) is 0 Å². The lowest BCUT2D eigenvalue weighted by Crippen LogP contribution is -2.16. The van der Waals surface area contributed by atoms with Crippen LogP contribution < -0.4 is 11.1 Å². The van der Waals surface area contributed by atoms with Gasteiger partial charge in [-0.05, 0) is 43.0 Å². The number of aryl methyl sites for hydroxylation is 1. The van der Waals surface area contributed by atoms with Crippen LogP contribution in [0.5, 0.6) is 0 Å². The highest BCUT2D eigenvalue weighted by atomic mass is 32.1. The monoisotopic (exact) mass is 300 g/mol. The zero-order valence-electron chi connectivity index (χ0n) is 12.8. The molecule has 2 rings (SSSR count). The third-order valence-electron chi connectivity index (χ3n) is 3.54.